The van der Waals surface area contributed by atoms with Gasteiger partial charge in [-0.3, -0.25) is 9.59 Å². The minimum absolute atomic E-state index is 0.0553. The number of amides is 2. The lowest BCUT2D eigenvalue weighted by Crippen LogP contribution is -2.36. The largest absolute Gasteiger partial charge is 0.355 e. The Morgan fingerprint density at radius 1 is 1.42 bits per heavy atom. The van der Waals surface area contributed by atoms with E-state index >= 15 is 0 Å². The molecule has 19 heavy (non-hydrogen) atoms. The first-order valence-electron chi connectivity index (χ1n) is 6.50. The Morgan fingerprint density at radius 3 is 3.05 bits per heavy atom. The highest BCUT2D eigenvalue weighted by atomic mass is 32.1. The van der Waals surface area contributed by atoms with E-state index in [9.17, 15) is 9.59 Å². The van der Waals surface area contributed by atoms with Gasteiger partial charge in [-0.15, -0.1) is 11.3 Å². The maximum absolute atomic E-state index is 12.0. The third kappa shape index (κ3) is 3.78. The Labute approximate surface area is 116 Å². The van der Waals surface area contributed by atoms with E-state index in [1.165, 1.54) is 10.4 Å². The fraction of sp³-hybridized carbons (Fsp3) is 0.538. The topological polar surface area (TPSA) is 75.4 Å². The fourth-order valence-electron chi connectivity index (χ4n) is 2.14. The molecule has 0 radical (unpaired) electrons. The van der Waals surface area contributed by atoms with E-state index in [0.717, 1.165) is 13.0 Å². The van der Waals surface area contributed by atoms with Crippen LogP contribution in [0.3, 0.4) is 0 Å². The summed E-state index contributed by atoms with van der Waals surface area (Å²) in [5.74, 6) is -0.0493. The van der Waals surface area contributed by atoms with Gasteiger partial charge < -0.3 is 16.0 Å². The van der Waals surface area contributed by atoms with Crippen LogP contribution in [0.2, 0.25) is 0 Å². The van der Waals surface area contributed by atoms with E-state index in [1.807, 2.05) is 4.90 Å². The minimum atomic E-state index is -0.105. The molecule has 0 saturated heterocycles. The third-order valence-corrected chi connectivity index (χ3v) is 4.22. The quantitative estimate of drug-likeness (QED) is 0.824. The number of nitrogens with zero attached hydrogens (tertiary/aromatic N) is 1. The highest BCUT2D eigenvalue weighted by Gasteiger charge is 2.21. The molecule has 2 rings (SSSR count). The van der Waals surface area contributed by atoms with Crippen LogP contribution < -0.4 is 11.1 Å². The first kappa shape index (κ1) is 14.0. The number of carbonyl (C=O) groups is 2. The van der Waals surface area contributed by atoms with Crippen molar-refractivity contribution in [2.45, 2.75) is 25.8 Å². The minimum Gasteiger partial charge on any atom is -0.355 e. The standard InChI is InChI=1S/C13H19N3O2S/c14-5-6-15-12(17)1-2-13(18)16-7-3-11-10(9-16)4-8-19-11/h4,8H,1-3,5-7,9,14H2,(H,15,17). The van der Waals surface area contributed by atoms with Crippen molar-refractivity contribution in [3.63, 3.8) is 0 Å². The molecule has 5 nitrogen and oxygen atoms in total. The van der Waals surface area contributed by atoms with E-state index in [2.05, 4.69) is 16.8 Å². The van der Waals surface area contributed by atoms with E-state index in [1.54, 1.807) is 11.3 Å². The van der Waals surface area contributed by atoms with Crippen LogP contribution in [0.15, 0.2) is 11.4 Å². The molecule has 1 aliphatic rings. The highest BCUT2D eigenvalue weighted by molar-refractivity contribution is 7.10. The van der Waals surface area contributed by atoms with Crippen molar-refractivity contribution < 1.29 is 9.59 Å². The molecule has 1 aromatic rings. The predicted octanol–water partition coefficient (Wildman–Crippen LogP) is 0.488. The SMILES string of the molecule is NCCNC(=O)CCC(=O)N1CCc2sccc2C1. The zero-order chi connectivity index (χ0) is 13.7. The number of hydrogen-bond acceptors (Lipinski definition) is 4. The summed E-state index contributed by atoms with van der Waals surface area (Å²) < 4.78 is 0. The zero-order valence-corrected chi connectivity index (χ0v) is 11.7. The van der Waals surface area contributed by atoms with Crippen LogP contribution in [0.1, 0.15) is 23.3 Å². The van der Waals surface area contributed by atoms with E-state index in [0.29, 0.717) is 19.6 Å². The van der Waals surface area contributed by atoms with Crippen molar-refractivity contribution in [2.75, 3.05) is 19.6 Å². The molecule has 0 fully saturated rings. The monoisotopic (exact) mass is 281 g/mol. The lowest BCUT2D eigenvalue weighted by molar-refractivity contribution is -0.134. The molecule has 1 aromatic heterocycles. The van der Waals surface area contributed by atoms with E-state index in [4.69, 9.17) is 5.73 Å². The van der Waals surface area contributed by atoms with Crippen molar-refractivity contribution in [1.82, 2.24) is 10.2 Å². The molecule has 2 amide bonds. The summed E-state index contributed by atoms with van der Waals surface area (Å²) in [4.78, 5) is 26.7. The molecule has 104 valence electrons. The lowest BCUT2D eigenvalue weighted by Gasteiger charge is -2.27. The first-order chi connectivity index (χ1) is 9.20. The molecule has 6 heteroatoms. The van der Waals surface area contributed by atoms with Gasteiger partial charge in [0.15, 0.2) is 0 Å². The lowest BCUT2D eigenvalue weighted by atomic mass is 10.1. The van der Waals surface area contributed by atoms with Crippen molar-refractivity contribution in [3.8, 4) is 0 Å². The molecule has 3 N–H and O–H groups in total. The van der Waals surface area contributed by atoms with Crippen LogP contribution in [0, 0.1) is 0 Å². The van der Waals surface area contributed by atoms with E-state index in [-0.39, 0.29) is 24.7 Å². The van der Waals surface area contributed by atoms with Gasteiger partial charge in [-0.1, -0.05) is 0 Å². The second kappa shape index (κ2) is 6.68. The normalized spacial score (nSPS) is 14.1. The van der Waals surface area contributed by atoms with Crippen LogP contribution in [-0.2, 0) is 22.6 Å². The summed E-state index contributed by atoms with van der Waals surface area (Å²) in [7, 11) is 0. The Morgan fingerprint density at radius 2 is 2.26 bits per heavy atom. The summed E-state index contributed by atoms with van der Waals surface area (Å²) in [5, 5.41) is 4.74. The summed E-state index contributed by atoms with van der Waals surface area (Å²) in [6, 6.07) is 2.08. The van der Waals surface area contributed by atoms with Crippen molar-refractivity contribution in [1.29, 1.82) is 0 Å². The van der Waals surface area contributed by atoms with Crippen LogP contribution in [0.5, 0.6) is 0 Å². The Bertz CT molecular complexity index is 458. The third-order valence-electron chi connectivity index (χ3n) is 3.19. The molecule has 0 bridgehead atoms. The predicted molar refractivity (Wildman–Crippen MR) is 74.7 cm³/mol. The van der Waals surface area contributed by atoms with Crippen molar-refractivity contribution in [3.05, 3.63) is 21.9 Å². The maximum atomic E-state index is 12.0. The van der Waals surface area contributed by atoms with Crippen LogP contribution in [0.25, 0.3) is 0 Å². The molecule has 0 atom stereocenters. The number of carbonyl (C=O) groups excluding carboxylic acids is 2. The van der Waals surface area contributed by atoms with Crippen LogP contribution >= 0.6 is 11.3 Å². The molecule has 2 heterocycles. The average Bonchev–Trinajstić information content (AvgIpc) is 2.89. The van der Waals surface area contributed by atoms with Gasteiger partial charge in [0.1, 0.15) is 0 Å². The summed E-state index contributed by atoms with van der Waals surface area (Å²) in [6.07, 6.45) is 1.44. The van der Waals surface area contributed by atoms with Crippen molar-refractivity contribution >= 4 is 23.2 Å². The number of nitrogens with one attached hydrogen (secondary N) is 1. The zero-order valence-electron chi connectivity index (χ0n) is 10.9. The van der Waals surface area contributed by atoms with Gasteiger partial charge in [-0.05, 0) is 23.4 Å². The number of nitrogens with two attached hydrogens (primary N) is 1. The molecule has 0 spiro atoms. The Hall–Kier alpha value is -1.40. The molecule has 0 aliphatic carbocycles. The first-order valence-corrected chi connectivity index (χ1v) is 7.38. The van der Waals surface area contributed by atoms with Gasteiger partial charge in [0.25, 0.3) is 0 Å². The van der Waals surface area contributed by atoms with Gasteiger partial charge in [0.05, 0.1) is 0 Å². The van der Waals surface area contributed by atoms with Gasteiger partial charge in [0.2, 0.25) is 11.8 Å². The summed E-state index contributed by atoms with van der Waals surface area (Å²) in [5.41, 5.74) is 6.54. The maximum Gasteiger partial charge on any atom is 0.223 e. The second-order valence-corrected chi connectivity index (χ2v) is 5.57. The Balaban J connectivity index is 1.77. The molecule has 0 unspecified atom stereocenters. The molecule has 0 aromatic carbocycles. The highest BCUT2D eigenvalue weighted by Crippen LogP contribution is 2.24. The van der Waals surface area contributed by atoms with E-state index < -0.39 is 0 Å². The number of fused-ring (bicyclic) bond motifs is 1. The molecule has 1 aliphatic heterocycles. The van der Waals surface area contributed by atoms with Gasteiger partial charge in [-0.25, -0.2) is 0 Å². The summed E-state index contributed by atoms with van der Waals surface area (Å²) >= 11 is 1.75. The number of hydrogen-bond donors (Lipinski definition) is 2. The van der Waals surface area contributed by atoms with Crippen molar-refractivity contribution in [2.24, 2.45) is 5.73 Å². The van der Waals surface area contributed by atoms with Gasteiger partial charge >= 0.3 is 0 Å². The smallest absolute Gasteiger partial charge is 0.223 e. The fourth-order valence-corrected chi connectivity index (χ4v) is 3.03. The van der Waals surface area contributed by atoms with Gasteiger partial charge in [0, 0.05) is 43.9 Å². The number of thiophene rings is 1. The molecular formula is C13H19N3O2S. The summed E-state index contributed by atoms with van der Waals surface area (Å²) in [6.45, 7) is 2.33. The Kier molecular flexibility index (Phi) is 4.93. The molecular weight excluding hydrogens is 262 g/mol. The second-order valence-electron chi connectivity index (χ2n) is 4.57. The molecule has 0 saturated carbocycles. The van der Waals surface area contributed by atoms with Gasteiger partial charge in [-0.2, -0.15) is 0 Å². The number of rotatable bonds is 5. The van der Waals surface area contributed by atoms with Crippen LogP contribution in [-0.4, -0.2) is 36.3 Å². The average molecular weight is 281 g/mol. The van der Waals surface area contributed by atoms with Crippen LogP contribution in [0.4, 0.5) is 0 Å².